The summed E-state index contributed by atoms with van der Waals surface area (Å²) >= 11 is 0. The summed E-state index contributed by atoms with van der Waals surface area (Å²) in [5, 5.41) is 19.4. The maximum atomic E-state index is 13.0. The lowest BCUT2D eigenvalue weighted by Crippen LogP contribution is -2.48. The molecule has 0 radical (unpaired) electrons. The Hall–Kier alpha value is -3.09. The van der Waals surface area contributed by atoms with E-state index in [1.807, 2.05) is 60.7 Å². The molecule has 0 aromatic heterocycles. The van der Waals surface area contributed by atoms with E-state index >= 15 is 0 Å². The first-order valence-corrected chi connectivity index (χ1v) is 11.9. The topological polar surface area (TPSA) is 73.8 Å². The third kappa shape index (κ3) is 4.97. The van der Waals surface area contributed by atoms with Crippen molar-refractivity contribution in [3.05, 3.63) is 71.8 Å². The highest BCUT2D eigenvalue weighted by Crippen LogP contribution is 2.29. The average Bonchev–Trinajstić information content (AvgIpc) is 3.36. The largest absolute Gasteiger partial charge is 0.493 e. The van der Waals surface area contributed by atoms with Crippen LogP contribution in [0.25, 0.3) is 10.8 Å². The molecule has 0 bridgehead atoms. The molecule has 6 nitrogen and oxygen atoms in total. The number of aliphatic hydroxyl groups is 1. The molecule has 6 heteroatoms. The molecule has 0 unspecified atom stereocenters. The summed E-state index contributed by atoms with van der Waals surface area (Å²) in [4.78, 5) is 15.4. The number of hydrogen-bond acceptors (Lipinski definition) is 4. The summed E-state index contributed by atoms with van der Waals surface area (Å²) in [5.74, 6) is 0.898. The zero-order chi connectivity index (χ0) is 22.6. The number of nitrogens with one attached hydrogen (secondary N) is 2. The fraction of sp³-hybridized carbons (Fsp3) is 0.370. The van der Waals surface area contributed by atoms with Gasteiger partial charge in [0.05, 0.1) is 18.3 Å². The first kappa shape index (κ1) is 21.7. The molecule has 33 heavy (non-hydrogen) atoms. The van der Waals surface area contributed by atoms with Crippen molar-refractivity contribution in [1.29, 1.82) is 0 Å². The van der Waals surface area contributed by atoms with Crippen LogP contribution in [0.2, 0.25) is 0 Å². The van der Waals surface area contributed by atoms with Crippen molar-refractivity contribution < 1.29 is 14.6 Å². The van der Waals surface area contributed by atoms with Crippen LogP contribution >= 0.6 is 0 Å². The number of urea groups is 1. The Morgan fingerprint density at radius 1 is 1.03 bits per heavy atom. The summed E-state index contributed by atoms with van der Waals surface area (Å²) < 4.78 is 5.72. The van der Waals surface area contributed by atoms with Crippen molar-refractivity contribution in [1.82, 2.24) is 10.2 Å². The number of fused-ring (bicyclic) bond motifs is 2. The summed E-state index contributed by atoms with van der Waals surface area (Å²) in [6.07, 6.45) is 3.43. The molecule has 2 atom stereocenters. The van der Waals surface area contributed by atoms with Gasteiger partial charge in [0.25, 0.3) is 0 Å². The van der Waals surface area contributed by atoms with Crippen LogP contribution in [0.5, 0.6) is 5.75 Å². The molecular weight excluding hydrogens is 414 g/mol. The molecule has 2 aliphatic heterocycles. The maximum Gasteiger partial charge on any atom is 0.319 e. The molecule has 2 amide bonds. The van der Waals surface area contributed by atoms with Gasteiger partial charge in [0.2, 0.25) is 0 Å². The van der Waals surface area contributed by atoms with E-state index in [4.69, 9.17) is 4.74 Å². The predicted octanol–water partition coefficient (Wildman–Crippen LogP) is 4.48. The molecule has 3 N–H and O–H groups in total. The summed E-state index contributed by atoms with van der Waals surface area (Å²) in [6, 6.07) is 19.0. The molecule has 0 saturated carbocycles. The third-order valence-corrected chi connectivity index (χ3v) is 6.66. The van der Waals surface area contributed by atoms with Gasteiger partial charge in [0.1, 0.15) is 11.9 Å². The van der Waals surface area contributed by atoms with Crippen molar-refractivity contribution in [3.8, 4) is 5.75 Å². The number of ether oxygens (including phenoxy) is 1. The molecule has 2 aliphatic rings. The Bertz CT molecular complexity index is 1120. The number of anilines is 1. The van der Waals surface area contributed by atoms with Crippen LogP contribution in [0, 0.1) is 0 Å². The highest BCUT2D eigenvalue weighted by Gasteiger charge is 2.27. The second kappa shape index (κ2) is 9.81. The SMILES string of the molecule is O=C(Nc1cccc2ccccc12)N[C@H](CN1CCCC1)[C@H](O)c1ccc2c(c1)CCCO2. The Morgan fingerprint density at radius 2 is 1.85 bits per heavy atom. The second-order valence-corrected chi connectivity index (χ2v) is 9.00. The van der Waals surface area contributed by atoms with Crippen LogP contribution in [-0.2, 0) is 6.42 Å². The van der Waals surface area contributed by atoms with Crippen LogP contribution < -0.4 is 15.4 Å². The minimum absolute atomic E-state index is 0.309. The minimum Gasteiger partial charge on any atom is -0.493 e. The van der Waals surface area contributed by atoms with Gasteiger partial charge in [-0.1, -0.05) is 42.5 Å². The Balaban J connectivity index is 1.35. The van der Waals surface area contributed by atoms with Crippen molar-refractivity contribution in [2.45, 2.75) is 37.8 Å². The number of nitrogens with zero attached hydrogens (tertiary/aromatic N) is 1. The lowest BCUT2D eigenvalue weighted by molar-refractivity contribution is 0.111. The number of rotatable bonds is 6. The quantitative estimate of drug-likeness (QED) is 0.523. The van der Waals surface area contributed by atoms with E-state index in [9.17, 15) is 9.90 Å². The number of aliphatic hydroxyl groups excluding tert-OH is 1. The smallest absolute Gasteiger partial charge is 0.319 e. The van der Waals surface area contributed by atoms with Gasteiger partial charge in [-0.15, -0.1) is 0 Å². The van der Waals surface area contributed by atoms with Gasteiger partial charge in [-0.25, -0.2) is 4.79 Å². The average molecular weight is 446 g/mol. The van der Waals surface area contributed by atoms with Gasteiger partial charge in [-0.3, -0.25) is 0 Å². The number of amides is 2. The standard InChI is InChI=1S/C27H31N3O3/c31-26(21-12-13-25-20(17-21)9-6-16-33-25)24(18-30-14-3-4-15-30)29-27(32)28-23-11-5-8-19-7-1-2-10-22(19)23/h1-2,5,7-8,10-13,17,24,26,31H,3-4,6,9,14-16,18H2,(H2,28,29,32)/t24-,26-/m1/s1. The Labute approximate surface area is 194 Å². The monoisotopic (exact) mass is 445 g/mol. The molecule has 0 aliphatic carbocycles. The zero-order valence-electron chi connectivity index (χ0n) is 18.8. The number of carbonyl (C=O) groups excluding carboxylic acids is 1. The number of hydrogen-bond donors (Lipinski definition) is 3. The summed E-state index contributed by atoms with van der Waals surface area (Å²) in [5.41, 5.74) is 2.69. The first-order chi connectivity index (χ1) is 16.2. The normalized spacial score (nSPS) is 17.7. The van der Waals surface area contributed by atoms with E-state index in [0.29, 0.717) is 6.54 Å². The zero-order valence-corrected chi connectivity index (χ0v) is 18.8. The van der Waals surface area contributed by atoms with Gasteiger partial charge in [0, 0.05) is 11.9 Å². The van der Waals surface area contributed by atoms with Crippen molar-refractivity contribution in [2.75, 3.05) is 31.6 Å². The van der Waals surface area contributed by atoms with E-state index in [0.717, 1.165) is 78.7 Å². The van der Waals surface area contributed by atoms with Gasteiger partial charge in [-0.2, -0.15) is 0 Å². The van der Waals surface area contributed by atoms with E-state index < -0.39 is 12.1 Å². The molecule has 2 heterocycles. The van der Waals surface area contributed by atoms with Crippen LogP contribution in [0.4, 0.5) is 10.5 Å². The summed E-state index contributed by atoms with van der Waals surface area (Å²) in [7, 11) is 0. The van der Waals surface area contributed by atoms with Crippen LogP contribution in [0.15, 0.2) is 60.7 Å². The van der Waals surface area contributed by atoms with E-state index in [1.165, 1.54) is 0 Å². The summed E-state index contributed by atoms with van der Waals surface area (Å²) in [6.45, 7) is 3.34. The first-order valence-electron chi connectivity index (χ1n) is 11.9. The molecule has 172 valence electrons. The molecule has 5 rings (SSSR count). The predicted molar refractivity (Wildman–Crippen MR) is 131 cm³/mol. The fourth-order valence-electron chi connectivity index (χ4n) is 4.93. The Kier molecular flexibility index (Phi) is 6.46. The highest BCUT2D eigenvalue weighted by molar-refractivity contribution is 6.01. The number of likely N-dealkylation sites (tertiary alicyclic amines) is 1. The van der Waals surface area contributed by atoms with Crippen molar-refractivity contribution >= 4 is 22.5 Å². The van der Waals surface area contributed by atoms with E-state index in [2.05, 4.69) is 15.5 Å². The molecular formula is C27H31N3O3. The van der Waals surface area contributed by atoms with E-state index in [1.54, 1.807) is 0 Å². The van der Waals surface area contributed by atoms with Gasteiger partial charge in [-0.05, 0) is 73.5 Å². The molecule has 0 spiro atoms. The Morgan fingerprint density at radius 3 is 2.73 bits per heavy atom. The maximum absolute atomic E-state index is 13.0. The lowest BCUT2D eigenvalue weighted by atomic mass is 9.96. The highest BCUT2D eigenvalue weighted by atomic mass is 16.5. The van der Waals surface area contributed by atoms with Gasteiger partial charge < -0.3 is 25.4 Å². The van der Waals surface area contributed by atoms with Crippen molar-refractivity contribution in [2.24, 2.45) is 0 Å². The molecule has 1 saturated heterocycles. The molecule has 3 aromatic carbocycles. The number of carbonyl (C=O) groups is 1. The van der Waals surface area contributed by atoms with Crippen LogP contribution in [0.1, 0.15) is 36.5 Å². The number of aryl methyl sites for hydroxylation is 1. The van der Waals surface area contributed by atoms with Crippen LogP contribution in [0.3, 0.4) is 0 Å². The van der Waals surface area contributed by atoms with Crippen LogP contribution in [-0.4, -0.2) is 48.3 Å². The third-order valence-electron chi connectivity index (χ3n) is 6.66. The van der Waals surface area contributed by atoms with E-state index in [-0.39, 0.29) is 6.03 Å². The minimum atomic E-state index is -0.809. The number of benzene rings is 3. The van der Waals surface area contributed by atoms with Gasteiger partial charge in [0.15, 0.2) is 0 Å². The second-order valence-electron chi connectivity index (χ2n) is 9.00. The fourth-order valence-corrected chi connectivity index (χ4v) is 4.93. The lowest BCUT2D eigenvalue weighted by Gasteiger charge is -2.29. The molecule has 1 fully saturated rings. The van der Waals surface area contributed by atoms with Gasteiger partial charge >= 0.3 is 6.03 Å². The van der Waals surface area contributed by atoms with Crippen molar-refractivity contribution in [3.63, 3.8) is 0 Å². The molecule has 3 aromatic rings.